The average Bonchev–Trinajstić information content (AvgIpc) is 2.53. The molecule has 1 amide bonds. The number of hydrogen-bond donors (Lipinski definition) is 0. The lowest BCUT2D eigenvalue weighted by Gasteiger charge is -2.17. The van der Waals surface area contributed by atoms with E-state index in [1.54, 1.807) is 24.4 Å². The van der Waals surface area contributed by atoms with Gasteiger partial charge >= 0.3 is 0 Å². The Kier molecular flexibility index (Phi) is 5.32. The van der Waals surface area contributed by atoms with Crippen molar-refractivity contribution in [3.05, 3.63) is 59.9 Å². The average molecular weight is 284 g/mol. The minimum absolute atomic E-state index is 0.123. The molecule has 21 heavy (non-hydrogen) atoms. The van der Waals surface area contributed by atoms with E-state index < -0.39 is 0 Å². The Labute approximate surface area is 125 Å². The first kappa shape index (κ1) is 15.0. The van der Waals surface area contributed by atoms with Crippen LogP contribution in [0.5, 0.6) is 5.75 Å². The predicted octanol–water partition coefficient (Wildman–Crippen LogP) is 2.68. The van der Waals surface area contributed by atoms with Crippen molar-refractivity contribution >= 4 is 5.91 Å². The molecule has 2 rings (SSSR count). The molecule has 1 aromatic heterocycles. The van der Waals surface area contributed by atoms with E-state index in [4.69, 9.17) is 4.74 Å². The first-order valence-electron chi connectivity index (χ1n) is 6.95. The maximum atomic E-state index is 12.2. The van der Waals surface area contributed by atoms with Crippen LogP contribution in [0.2, 0.25) is 0 Å². The number of carbonyl (C=O) groups is 1. The molecule has 110 valence electrons. The SMILES string of the molecule is COc1ccccc1CCC(=O)N(C)Cc1ccncc1. The van der Waals surface area contributed by atoms with Gasteiger partial charge in [0, 0.05) is 32.4 Å². The fourth-order valence-corrected chi connectivity index (χ4v) is 2.19. The van der Waals surface area contributed by atoms with Crippen LogP contribution in [0.3, 0.4) is 0 Å². The Morgan fingerprint density at radius 1 is 1.19 bits per heavy atom. The summed E-state index contributed by atoms with van der Waals surface area (Å²) in [6.45, 7) is 0.604. The van der Waals surface area contributed by atoms with Crippen LogP contribution >= 0.6 is 0 Å². The molecule has 0 bridgehead atoms. The summed E-state index contributed by atoms with van der Waals surface area (Å²) in [5, 5.41) is 0. The smallest absolute Gasteiger partial charge is 0.222 e. The molecule has 0 N–H and O–H groups in total. The highest BCUT2D eigenvalue weighted by molar-refractivity contribution is 5.76. The first-order chi connectivity index (χ1) is 10.2. The van der Waals surface area contributed by atoms with Crippen LogP contribution < -0.4 is 4.74 Å². The molecule has 0 unspecified atom stereocenters. The minimum atomic E-state index is 0.123. The summed E-state index contributed by atoms with van der Waals surface area (Å²) in [7, 11) is 3.47. The summed E-state index contributed by atoms with van der Waals surface area (Å²) in [6, 6.07) is 11.6. The highest BCUT2D eigenvalue weighted by Gasteiger charge is 2.11. The largest absolute Gasteiger partial charge is 0.496 e. The van der Waals surface area contributed by atoms with E-state index in [1.807, 2.05) is 43.4 Å². The Bertz CT molecular complexity index is 584. The van der Waals surface area contributed by atoms with Gasteiger partial charge in [0.25, 0.3) is 0 Å². The third kappa shape index (κ3) is 4.31. The zero-order chi connectivity index (χ0) is 15.1. The van der Waals surface area contributed by atoms with Crippen LogP contribution in [0, 0.1) is 0 Å². The maximum absolute atomic E-state index is 12.2. The molecule has 2 aromatic rings. The number of hydrogen-bond acceptors (Lipinski definition) is 3. The number of nitrogens with zero attached hydrogens (tertiary/aromatic N) is 2. The zero-order valence-electron chi connectivity index (χ0n) is 12.5. The quantitative estimate of drug-likeness (QED) is 0.819. The fourth-order valence-electron chi connectivity index (χ4n) is 2.19. The maximum Gasteiger partial charge on any atom is 0.222 e. The number of benzene rings is 1. The lowest BCUT2D eigenvalue weighted by Crippen LogP contribution is -2.26. The third-order valence-electron chi connectivity index (χ3n) is 3.40. The third-order valence-corrected chi connectivity index (χ3v) is 3.40. The molecular formula is C17H20N2O2. The van der Waals surface area contributed by atoms with Crippen molar-refractivity contribution in [1.82, 2.24) is 9.88 Å². The molecule has 1 aromatic carbocycles. The van der Waals surface area contributed by atoms with Crippen LogP contribution in [0.4, 0.5) is 0 Å². The molecule has 0 spiro atoms. The number of rotatable bonds is 6. The standard InChI is InChI=1S/C17H20N2O2/c1-19(13-14-9-11-18-12-10-14)17(20)8-7-15-5-3-4-6-16(15)21-2/h3-6,9-12H,7-8,13H2,1-2H3. The van der Waals surface area contributed by atoms with Crippen molar-refractivity contribution in [2.24, 2.45) is 0 Å². The van der Waals surface area contributed by atoms with E-state index in [9.17, 15) is 4.79 Å². The van der Waals surface area contributed by atoms with Gasteiger partial charge in [0.05, 0.1) is 7.11 Å². The second-order valence-electron chi connectivity index (χ2n) is 4.92. The fraction of sp³-hybridized carbons (Fsp3) is 0.294. The van der Waals surface area contributed by atoms with Crippen molar-refractivity contribution in [1.29, 1.82) is 0 Å². The number of carbonyl (C=O) groups excluding carboxylic acids is 1. The van der Waals surface area contributed by atoms with Crippen LogP contribution in [-0.2, 0) is 17.8 Å². The monoisotopic (exact) mass is 284 g/mol. The van der Waals surface area contributed by atoms with E-state index in [2.05, 4.69) is 4.98 Å². The Morgan fingerprint density at radius 2 is 1.90 bits per heavy atom. The van der Waals surface area contributed by atoms with Gasteiger partial charge in [-0.2, -0.15) is 0 Å². The number of para-hydroxylation sites is 1. The van der Waals surface area contributed by atoms with Crippen LogP contribution in [0.25, 0.3) is 0 Å². The highest BCUT2D eigenvalue weighted by Crippen LogP contribution is 2.19. The zero-order valence-corrected chi connectivity index (χ0v) is 12.5. The van der Waals surface area contributed by atoms with E-state index in [1.165, 1.54) is 0 Å². The van der Waals surface area contributed by atoms with Gasteiger partial charge in [-0.3, -0.25) is 9.78 Å². The second-order valence-corrected chi connectivity index (χ2v) is 4.92. The number of aromatic nitrogens is 1. The second kappa shape index (κ2) is 7.43. The molecule has 1 heterocycles. The predicted molar refractivity (Wildman–Crippen MR) is 82.0 cm³/mol. The van der Waals surface area contributed by atoms with Crippen molar-refractivity contribution in [3.63, 3.8) is 0 Å². The van der Waals surface area contributed by atoms with E-state index >= 15 is 0 Å². The number of amides is 1. The van der Waals surface area contributed by atoms with Gasteiger partial charge < -0.3 is 9.64 Å². The van der Waals surface area contributed by atoms with E-state index in [0.717, 1.165) is 16.9 Å². The van der Waals surface area contributed by atoms with E-state index in [-0.39, 0.29) is 5.91 Å². The molecular weight excluding hydrogens is 264 g/mol. The van der Waals surface area contributed by atoms with Gasteiger partial charge in [-0.1, -0.05) is 18.2 Å². The molecule has 0 saturated heterocycles. The topological polar surface area (TPSA) is 42.4 Å². The minimum Gasteiger partial charge on any atom is -0.496 e. The lowest BCUT2D eigenvalue weighted by atomic mass is 10.1. The summed E-state index contributed by atoms with van der Waals surface area (Å²) in [6.07, 6.45) is 4.64. The lowest BCUT2D eigenvalue weighted by molar-refractivity contribution is -0.130. The van der Waals surface area contributed by atoms with Gasteiger partial charge in [-0.15, -0.1) is 0 Å². The van der Waals surface area contributed by atoms with Crippen LogP contribution in [0.15, 0.2) is 48.8 Å². The molecule has 0 fully saturated rings. The molecule has 0 aliphatic heterocycles. The summed E-state index contributed by atoms with van der Waals surface area (Å²) in [5.74, 6) is 0.958. The molecule has 4 heteroatoms. The first-order valence-corrected chi connectivity index (χ1v) is 6.95. The summed E-state index contributed by atoms with van der Waals surface area (Å²) in [4.78, 5) is 17.9. The van der Waals surface area contributed by atoms with E-state index in [0.29, 0.717) is 19.4 Å². The highest BCUT2D eigenvalue weighted by atomic mass is 16.5. The van der Waals surface area contributed by atoms with Crippen molar-refractivity contribution in [3.8, 4) is 5.75 Å². The van der Waals surface area contributed by atoms with Crippen LogP contribution in [-0.4, -0.2) is 29.9 Å². The molecule has 0 radical (unpaired) electrons. The van der Waals surface area contributed by atoms with Gasteiger partial charge in [0.15, 0.2) is 0 Å². The molecule has 0 saturated carbocycles. The molecule has 0 atom stereocenters. The molecule has 0 aliphatic rings. The Hall–Kier alpha value is -2.36. The van der Waals surface area contributed by atoms with Gasteiger partial charge in [-0.25, -0.2) is 0 Å². The summed E-state index contributed by atoms with van der Waals surface area (Å²) >= 11 is 0. The van der Waals surface area contributed by atoms with Crippen molar-refractivity contribution < 1.29 is 9.53 Å². The number of aryl methyl sites for hydroxylation is 1. The van der Waals surface area contributed by atoms with Gasteiger partial charge in [0.1, 0.15) is 5.75 Å². The van der Waals surface area contributed by atoms with Gasteiger partial charge in [-0.05, 0) is 35.7 Å². The summed E-state index contributed by atoms with van der Waals surface area (Å²) < 4.78 is 5.30. The number of methoxy groups -OCH3 is 1. The van der Waals surface area contributed by atoms with Crippen LogP contribution in [0.1, 0.15) is 17.5 Å². The van der Waals surface area contributed by atoms with Crippen molar-refractivity contribution in [2.75, 3.05) is 14.2 Å². The number of pyridine rings is 1. The molecule has 4 nitrogen and oxygen atoms in total. The van der Waals surface area contributed by atoms with Gasteiger partial charge in [0.2, 0.25) is 5.91 Å². The Morgan fingerprint density at radius 3 is 2.62 bits per heavy atom. The summed E-state index contributed by atoms with van der Waals surface area (Å²) in [5.41, 5.74) is 2.14. The Balaban J connectivity index is 1.89. The molecule has 0 aliphatic carbocycles. The normalized spacial score (nSPS) is 10.2. The number of ether oxygens (including phenoxy) is 1. The van der Waals surface area contributed by atoms with Crippen molar-refractivity contribution in [2.45, 2.75) is 19.4 Å².